The van der Waals surface area contributed by atoms with Crippen LogP contribution in [0.25, 0.3) is 22.4 Å². The van der Waals surface area contributed by atoms with Crippen LogP contribution >= 0.6 is 0 Å². The van der Waals surface area contributed by atoms with Gasteiger partial charge in [0.05, 0.1) is 0 Å². The van der Waals surface area contributed by atoms with E-state index in [9.17, 15) is 0 Å². The summed E-state index contributed by atoms with van der Waals surface area (Å²) < 4.78 is 0. The maximum absolute atomic E-state index is 2.42. The molecule has 0 saturated heterocycles. The van der Waals surface area contributed by atoms with Crippen LogP contribution in [0.5, 0.6) is 0 Å². The molecule has 0 nitrogen and oxygen atoms in total. The van der Waals surface area contributed by atoms with E-state index in [1.807, 2.05) is 13.8 Å². The lowest BCUT2D eigenvalue weighted by atomic mass is 9.79. The Bertz CT molecular complexity index is 714. The highest BCUT2D eigenvalue weighted by atomic mass is 14.2. The number of hydrogen-bond donors (Lipinski definition) is 0. The first-order chi connectivity index (χ1) is 9.88. The van der Waals surface area contributed by atoms with Crippen molar-refractivity contribution >= 4 is 22.4 Å². The molecule has 0 saturated carbocycles. The van der Waals surface area contributed by atoms with Crippen LogP contribution in [-0.4, -0.2) is 0 Å². The molecule has 2 aliphatic rings. The van der Waals surface area contributed by atoms with Gasteiger partial charge in [-0.3, -0.25) is 0 Å². The molecule has 0 fully saturated rings. The smallest absolute Gasteiger partial charge is 0.00672 e. The van der Waals surface area contributed by atoms with Gasteiger partial charge in [-0.05, 0) is 57.9 Å². The number of allylic oxidation sites excluding steroid dienone is 3. The average Bonchev–Trinajstić information content (AvgIpc) is 2.54. The lowest BCUT2D eigenvalue weighted by Crippen LogP contribution is -2.05. The van der Waals surface area contributed by atoms with Crippen molar-refractivity contribution in [1.29, 1.82) is 0 Å². The maximum atomic E-state index is 2.42. The van der Waals surface area contributed by atoms with E-state index < -0.39 is 0 Å². The summed E-state index contributed by atoms with van der Waals surface area (Å²) >= 11 is 0. The van der Waals surface area contributed by atoms with E-state index in [2.05, 4.69) is 49.4 Å². The summed E-state index contributed by atoms with van der Waals surface area (Å²) in [5.74, 6) is 0. The molecule has 102 valence electrons. The molecule has 0 heterocycles. The maximum Gasteiger partial charge on any atom is -0.00672 e. The third-order valence-corrected chi connectivity index (χ3v) is 4.27. The number of benzene rings is 2. The Morgan fingerprint density at radius 1 is 1.10 bits per heavy atom. The second-order valence-electron chi connectivity index (χ2n) is 5.23. The fraction of sp³-hybridized carbons (Fsp3) is 0.300. The van der Waals surface area contributed by atoms with Crippen LogP contribution in [0.1, 0.15) is 49.4 Å². The first-order valence-electron chi connectivity index (χ1n) is 7.82. The summed E-state index contributed by atoms with van der Waals surface area (Å²) in [4.78, 5) is 0. The number of rotatable bonds is 1. The number of hydrogen-bond acceptors (Lipinski definition) is 0. The predicted octanol–water partition coefficient (Wildman–Crippen LogP) is 5.78. The minimum absolute atomic E-state index is 1.10. The van der Waals surface area contributed by atoms with Crippen LogP contribution in [0.15, 0.2) is 36.4 Å². The normalized spacial score (nSPS) is 14.7. The van der Waals surface area contributed by atoms with Gasteiger partial charge in [0.25, 0.3) is 0 Å². The minimum atomic E-state index is 1.10. The van der Waals surface area contributed by atoms with E-state index in [4.69, 9.17) is 0 Å². The summed E-state index contributed by atoms with van der Waals surface area (Å²) in [6.07, 6.45) is 10.4. The fourth-order valence-electron chi connectivity index (χ4n) is 3.42. The molecular formula is C20H22. The third-order valence-electron chi connectivity index (χ3n) is 4.27. The van der Waals surface area contributed by atoms with E-state index in [-0.39, 0.29) is 0 Å². The highest BCUT2D eigenvalue weighted by Crippen LogP contribution is 2.41. The van der Waals surface area contributed by atoms with Crippen molar-refractivity contribution in [2.75, 3.05) is 0 Å². The van der Waals surface area contributed by atoms with Crippen LogP contribution in [0.3, 0.4) is 0 Å². The molecule has 0 unspecified atom stereocenters. The third kappa shape index (κ3) is 1.83. The van der Waals surface area contributed by atoms with E-state index in [0.717, 1.165) is 19.3 Å². The molecule has 0 aromatic heterocycles. The van der Waals surface area contributed by atoms with Gasteiger partial charge in [-0.2, -0.15) is 0 Å². The lowest BCUT2D eigenvalue weighted by Gasteiger charge is -2.25. The number of aryl methyl sites for hydroxylation is 1. The first-order valence-corrected chi connectivity index (χ1v) is 7.82. The summed E-state index contributed by atoms with van der Waals surface area (Å²) in [5, 5.41) is 2.93. The first kappa shape index (κ1) is 13.2. The van der Waals surface area contributed by atoms with Crippen molar-refractivity contribution in [2.45, 2.75) is 40.0 Å². The van der Waals surface area contributed by atoms with Gasteiger partial charge in [0.15, 0.2) is 0 Å². The largest absolute Gasteiger partial charge is 0.0795 e. The zero-order chi connectivity index (χ0) is 14.1. The van der Waals surface area contributed by atoms with Gasteiger partial charge in [0.1, 0.15) is 0 Å². The SMILES string of the molecule is CC.CCc1cc2cccc3c2c2c1C=CCC2=CC3. The molecule has 0 aliphatic heterocycles. The summed E-state index contributed by atoms with van der Waals surface area (Å²) in [6.45, 7) is 6.25. The molecule has 0 bridgehead atoms. The Hall–Kier alpha value is -1.82. The second-order valence-corrected chi connectivity index (χ2v) is 5.23. The molecule has 2 aromatic carbocycles. The highest BCUT2D eigenvalue weighted by Gasteiger charge is 2.21. The molecular weight excluding hydrogens is 240 g/mol. The highest BCUT2D eigenvalue weighted by molar-refractivity contribution is 6.03. The molecule has 0 N–H and O–H groups in total. The van der Waals surface area contributed by atoms with Crippen molar-refractivity contribution < 1.29 is 0 Å². The Morgan fingerprint density at radius 3 is 2.75 bits per heavy atom. The summed E-state index contributed by atoms with van der Waals surface area (Å²) in [5.41, 5.74) is 7.50. The second kappa shape index (κ2) is 5.28. The van der Waals surface area contributed by atoms with Crippen molar-refractivity contribution in [1.82, 2.24) is 0 Å². The van der Waals surface area contributed by atoms with Crippen molar-refractivity contribution in [3.63, 3.8) is 0 Å². The van der Waals surface area contributed by atoms with Gasteiger partial charge in [-0.25, -0.2) is 0 Å². The van der Waals surface area contributed by atoms with Crippen molar-refractivity contribution in [3.8, 4) is 0 Å². The van der Waals surface area contributed by atoms with Gasteiger partial charge in [0.2, 0.25) is 0 Å². The van der Waals surface area contributed by atoms with Crippen LogP contribution in [0, 0.1) is 0 Å². The Balaban J connectivity index is 0.000000581. The van der Waals surface area contributed by atoms with E-state index in [0.29, 0.717) is 0 Å². The van der Waals surface area contributed by atoms with Crippen LogP contribution < -0.4 is 0 Å². The standard InChI is InChI=1S/C18H16.C2H6/c1-2-12-11-15-7-3-5-13-9-10-14-6-4-8-16(12)18(14)17(13)15;1-2/h3-5,7-8,10-11H,2,6,9H2,1H3;1-2H3. The van der Waals surface area contributed by atoms with Crippen molar-refractivity contribution in [2.24, 2.45) is 0 Å². The molecule has 2 aliphatic carbocycles. The minimum Gasteiger partial charge on any atom is -0.0795 e. The van der Waals surface area contributed by atoms with E-state index in [1.54, 1.807) is 0 Å². The average molecular weight is 262 g/mol. The molecule has 20 heavy (non-hydrogen) atoms. The molecule has 0 spiro atoms. The monoisotopic (exact) mass is 262 g/mol. The van der Waals surface area contributed by atoms with Crippen LogP contribution in [0.4, 0.5) is 0 Å². The molecule has 4 rings (SSSR count). The van der Waals surface area contributed by atoms with Gasteiger partial charge < -0.3 is 0 Å². The van der Waals surface area contributed by atoms with E-state index >= 15 is 0 Å². The van der Waals surface area contributed by atoms with Crippen LogP contribution in [-0.2, 0) is 12.8 Å². The molecule has 0 heteroatoms. The van der Waals surface area contributed by atoms with Gasteiger partial charge in [-0.1, -0.05) is 63.3 Å². The molecule has 2 aromatic rings. The van der Waals surface area contributed by atoms with Gasteiger partial charge in [-0.15, -0.1) is 0 Å². The zero-order valence-corrected chi connectivity index (χ0v) is 12.7. The van der Waals surface area contributed by atoms with Crippen LogP contribution in [0.2, 0.25) is 0 Å². The molecule has 0 radical (unpaired) electrons. The Labute approximate surface area is 121 Å². The Morgan fingerprint density at radius 2 is 1.95 bits per heavy atom. The van der Waals surface area contributed by atoms with E-state index in [1.165, 1.54) is 38.6 Å². The quantitative estimate of drug-likeness (QED) is 0.610. The Kier molecular flexibility index (Phi) is 3.48. The topological polar surface area (TPSA) is 0 Å². The lowest BCUT2D eigenvalue weighted by molar-refractivity contribution is 1.12. The zero-order valence-electron chi connectivity index (χ0n) is 12.7. The molecule has 0 amide bonds. The predicted molar refractivity (Wildman–Crippen MR) is 90.0 cm³/mol. The molecule has 0 atom stereocenters. The fourth-order valence-corrected chi connectivity index (χ4v) is 3.42. The van der Waals surface area contributed by atoms with Crippen molar-refractivity contribution in [3.05, 3.63) is 58.7 Å². The van der Waals surface area contributed by atoms with Gasteiger partial charge in [0, 0.05) is 0 Å². The summed E-state index contributed by atoms with van der Waals surface area (Å²) in [7, 11) is 0. The van der Waals surface area contributed by atoms with Gasteiger partial charge >= 0.3 is 0 Å². The summed E-state index contributed by atoms with van der Waals surface area (Å²) in [6, 6.07) is 9.12.